The van der Waals surface area contributed by atoms with Crippen molar-refractivity contribution in [2.45, 2.75) is 25.4 Å². The third-order valence-electron chi connectivity index (χ3n) is 5.84. The lowest BCUT2D eigenvalue weighted by Gasteiger charge is -2.29. The van der Waals surface area contributed by atoms with Crippen LogP contribution in [0.15, 0.2) is 54.6 Å². The van der Waals surface area contributed by atoms with Gasteiger partial charge in [-0.15, -0.1) is 0 Å². The van der Waals surface area contributed by atoms with Gasteiger partial charge in [0.1, 0.15) is 6.04 Å². The molecule has 0 spiro atoms. The Bertz CT molecular complexity index is 865. The first kappa shape index (κ1) is 15.7. The molecular weight excluding hydrogens is 326 g/mol. The zero-order valence-electron chi connectivity index (χ0n) is 14.7. The minimum Gasteiger partial charge on any atom is -0.274 e. The van der Waals surface area contributed by atoms with Crippen LogP contribution in [-0.4, -0.2) is 41.0 Å². The van der Waals surface area contributed by atoms with E-state index in [-0.39, 0.29) is 29.8 Å². The van der Waals surface area contributed by atoms with Crippen molar-refractivity contribution in [3.8, 4) is 0 Å². The number of anilines is 1. The van der Waals surface area contributed by atoms with E-state index in [9.17, 15) is 9.59 Å². The molecule has 132 valence electrons. The molecular formula is C21H21N3O2. The van der Waals surface area contributed by atoms with Crippen LogP contribution >= 0.6 is 0 Å². The van der Waals surface area contributed by atoms with Crippen LogP contribution in [0.5, 0.6) is 0 Å². The Balaban J connectivity index is 1.58. The van der Waals surface area contributed by atoms with E-state index in [4.69, 9.17) is 0 Å². The Morgan fingerprint density at radius 2 is 1.46 bits per heavy atom. The molecule has 5 heteroatoms. The summed E-state index contributed by atoms with van der Waals surface area (Å²) in [5.41, 5.74) is 2.90. The molecule has 5 nitrogen and oxygen atoms in total. The molecule has 3 atom stereocenters. The number of imide groups is 1. The normalized spacial score (nSPS) is 28.7. The first-order chi connectivity index (χ1) is 12.7. The van der Waals surface area contributed by atoms with Crippen LogP contribution < -0.4 is 4.90 Å². The zero-order valence-corrected chi connectivity index (χ0v) is 14.7. The lowest BCUT2D eigenvalue weighted by Crippen LogP contribution is -2.44. The number of carbonyl (C=O) groups is 2. The van der Waals surface area contributed by atoms with Gasteiger partial charge in [-0.3, -0.25) is 9.59 Å². The molecule has 0 aliphatic carbocycles. The monoisotopic (exact) mass is 347 g/mol. The highest BCUT2D eigenvalue weighted by Crippen LogP contribution is 2.48. The van der Waals surface area contributed by atoms with E-state index in [1.807, 2.05) is 49.4 Å². The number of nitrogens with zero attached hydrogens (tertiary/aromatic N) is 3. The van der Waals surface area contributed by atoms with Gasteiger partial charge in [0.15, 0.2) is 0 Å². The fraction of sp³-hybridized carbons (Fsp3) is 0.333. The molecule has 26 heavy (non-hydrogen) atoms. The highest BCUT2D eigenvalue weighted by Gasteiger charge is 2.62. The van der Waals surface area contributed by atoms with Crippen molar-refractivity contribution in [2.24, 2.45) is 5.92 Å². The van der Waals surface area contributed by atoms with Crippen LogP contribution in [0.3, 0.4) is 0 Å². The smallest absolute Gasteiger partial charge is 0.253 e. The van der Waals surface area contributed by atoms with E-state index >= 15 is 0 Å². The summed E-state index contributed by atoms with van der Waals surface area (Å²) in [6.07, 6.45) is 1.03. The van der Waals surface area contributed by atoms with Crippen LogP contribution in [0.4, 0.5) is 5.69 Å². The first-order valence-corrected chi connectivity index (χ1v) is 9.19. The van der Waals surface area contributed by atoms with Gasteiger partial charge in [0.25, 0.3) is 5.91 Å². The lowest BCUT2D eigenvalue weighted by atomic mass is 9.90. The highest BCUT2D eigenvalue weighted by atomic mass is 16.2. The Hall–Kier alpha value is -2.50. The number of rotatable bonds is 2. The number of amides is 2. The SMILES string of the molecule is Cc1ccc(N2C(=O)[C@H]3[C@@H](C2=O)N2CCCN2[C@H]3c2ccccc2)cc1. The second-order valence-corrected chi connectivity index (χ2v) is 7.35. The molecule has 3 aliphatic rings. The Morgan fingerprint density at radius 1 is 0.808 bits per heavy atom. The molecule has 3 aliphatic heterocycles. The second-order valence-electron chi connectivity index (χ2n) is 7.35. The summed E-state index contributed by atoms with van der Waals surface area (Å²) >= 11 is 0. The predicted octanol–water partition coefficient (Wildman–Crippen LogP) is 2.53. The third kappa shape index (κ3) is 2.11. The maximum Gasteiger partial charge on any atom is 0.253 e. The van der Waals surface area contributed by atoms with Crippen molar-refractivity contribution in [2.75, 3.05) is 18.0 Å². The molecule has 2 amide bonds. The molecule has 0 saturated carbocycles. The van der Waals surface area contributed by atoms with Gasteiger partial charge in [-0.05, 0) is 31.0 Å². The van der Waals surface area contributed by atoms with Gasteiger partial charge >= 0.3 is 0 Å². The number of benzene rings is 2. The van der Waals surface area contributed by atoms with Gasteiger partial charge in [0, 0.05) is 13.1 Å². The molecule has 0 N–H and O–H groups in total. The maximum atomic E-state index is 13.3. The van der Waals surface area contributed by atoms with Gasteiger partial charge < -0.3 is 0 Å². The standard InChI is InChI=1S/C21H21N3O2/c1-14-8-10-16(11-9-14)24-20(25)17-18(15-6-3-2-4-7-15)22-12-5-13-23(22)19(17)21(24)26/h2-4,6-11,17-19H,5,12-13H2,1H3/t17-,18+,19+/m1/s1. The number of hydrogen-bond acceptors (Lipinski definition) is 4. The van der Waals surface area contributed by atoms with Crippen LogP contribution in [0.2, 0.25) is 0 Å². The molecule has 3 heterocycles. The number of hydrogen-bond donors (Lipinski definition) is 0. The zero-order chi connectivity index (χ0) is 17.8. The summed E-state index contributed by atoms with van der Waals surface area (Å²) in [6.45, 7) is 3.74. The number of aryl methyl sites for hydroxylation is 1. The minimum atomic E-state index is -0.378. The predicted molar refractivity (Wildman–Crippen MR) is 98.2 cm³/mol. The van der Waals surface area contributed by atoms with Crippen molar-refractivity contribution < 1.29 is 9.59 Å². The van der Waals surface area contributed by atoms with Crippen LogP contribution in [-0.2, 0) is 9.59 Å². The van der Waals surface area contributed by atoms with Gasteiger partial charge in [-0.25, -0.2) is 14.9 Å². The van der Waals surface area contributed by atoms with Crippen LogP contribution in [0, 0.1) is 12.8 Å². The fourth-order valence-corrected chi connectivity index (χ4v) is 4.71. The number of hydrazine groups is 1. The average Bonchev–Trinajstić information content (AvgIpc) is 3.29. The van der Waals surface area contributed by atoms with Crippen molar-refractivity contribution in [3.05, 3.63) is 65.7 Å². The summed E-state index contributed by atoms with van der Waals surface area (Å²) < 4.78 is 0. The van der Waals surface area contributed by atoms with E-state index in [2.05, 4.69) is 22.2 Å². The molecule has 5 rings (SSSR count). The van der Waals surface area contributed by atoms with E-state index in [1.165, 1.54) is 4.90 Å². The van der Waals surface area contributed by atoms with Crippen molar-refractivity contribution >= 4 is 17.5 Å². The molecule has 2 aromatic rings. The quantitative estimate of drug-likeness (QED) is 0.783. The number of fused-ring (bicyclic) bond motifs is 3. The van der Waals surface area contributed by atoms with Crippen molar-refractivity contribution in [3.63, 3.8) is 0 Å². The molecule has 2 aromatic carbocycles. The summed E-state index contributed by atoms with van der Waals surface area (Å²) in [5.74, 6) is -0.507. The molecule has 3 fully saturated rings. The van der Waals surface area contributed by atoms with Gasteiger partial charge in [0.2, 0.25) is 5.91 Å². The summed E-state index contributed by atoms with van der Waals surface area (Å²) in [6, 6.07) is 17.3. The average molecular weight is 347 g/mol. The lowest BCUT2D eigenvalue weighted by molar-refractivity contribution is -0.126. The molecule has 3 saturated heterocycles. The number of carbonyl (C=O) groups excluding carboxylic acids is 2. The van der Waals surface area contributed by atoms with Gasteiger partial charge in [-0.2, -0.15) is 0 Å². The molecule has 0 radical (unpaired) electrons. The van der Waals surface area contributed by atoms with E-state index in [0.717, 1.165) is 30.6 Å². The van der Waals surface area contributed by atoms with Gasteiger partial charge in [0.05, 0.1) is 17.6 Å². The van der Waals surface area contributed by atoms with Gasteiger partial charge in [-0.1, -0.05) is 48.0 Å². The molecule has 0 aromatic heterocycles. The highest BCUT2D eigenvalue weighted by molar-refractivity contribution is 6.24. The molecule has 0 bridgehead atoms. The Morgan fingerprint density at radius 3 is 2.15 bits per heavy atom. The Labute approximate surface area is 152 Å². The molecule has 0 unspecified atom stereocenters. The van der Waals surface area contributed by atoms with E-state index < -0.39 is 0 Å². The summed E-state index contributed by atoms with van der Waals surface area (Å²) in [4.78, 5) is 28.0. The minimum absolute atomic E-state index is 0.0596. The third-order valence-corrected chi connectivity index (χ3v) is 5.84. The first-order valence-electron chi connectivity index (χ1n) is 9.19. The summed E-state index contributed by atoms with van der Waals surface area (Å²) in [5, 5.41) is 4.38. The Kier molecular flexibility index (Phi) is 3.48. The van der Waals surface area contributed by atoms with E-state index in [1.54, 1.807) is 0 Å². The topological polar surface area (TPSA) is 43.9 Å². The largest absolute Gasteiger partial charge is 0.274 e. The second kappa shape index (κ2) is 5.76. The summed E-state index contributed by atoms with van der Waals surface area (Å²) in [7, 11) is 0. The maximum absolute atomic E-state index is 13.3. The van der Waals surface area contributed by atoms with Crippen molar-refractivity contribution in [1.82, 2.24) is 10.0 Å². The fourth-order valence-electron chi connectivity index (χ4n) is 4.71. The van der Waals surface area contributed by atoms with Crippen molar-refractivity contribution in [1.29, 1.82) is 0 Å². The van der Waals surface area contributed by atoms with E-state index in [0.29, 0.717) is 5.69 Å². The van der Waals surface area contributed by atoms with Crippen LogP contribution in [0.1, 0.15) is 23.6 Å². The van der Waals surface area contributed by atoms with Crippen LogP contribution in [0.25, 0.3) is 0 Å².